The van der Waals surface area contributed by atoms with Crippen LogP contribution in [0.5, 0.6) is 11.5 Å². The molecule has 158 valence electrons. The highest BCUT2D eigenvalue weighted by Gasteiger charge is 2.35. The minimum absolute atomic E-state index is 0. The first kappa shape index (κ1) is 22.2. The van der Waals surface area contributed by atoms with E-state index in [9.17, 15) is 0 Å². The minimum Gasteiger partial charge on any atom is -0.454 e. The molecule has 2 aliphatic heterocycles. The van der Waals surface area contributed by atoms with E-state index in [0.29, 0.717) is 6.79 Å². The number of guanidine groups is 1. The molecule has 0 spiro atoms. The van der Waals surface area contributed by atoms with Crippen LogP contribution >= 0.6 is 35.3 Å². The van der Waals surface area contributed by atoms with Crippen molar-refractivity contribution in [1.82, 2.24) is 10.6 Å². The third-order valence-electron chi connectivity index (χ3n) is 5.50. The molecule has 0 unspecified atom stereocenters. The van der Waals surface area contributed by atoms with Crippen molar-refractivity contribution in [2.24, 2.45) is 4.99 Å². The number of nitrogens with one attached hydrogen (secondary N) is 2. The number of hydrogen-bond acceptors (Lipinski definition) is 5. The average Bonchev–Trinajstić information content (AvgIpc) is 3.42. The Hall–Kier alpha value is -1.52. The first-order valence-corrected chi connectivity index (χ1v) is 10.6. The van der Waals surface area contributed by atoms with E-state index in [0.717, 1.165) is 63.0 Å². The van der Waals surface area contributed by atoms with Crippen LogP contribution in [0.3, 0.4) is 0 Å². The molecule has 3 heterocycles. The Kier molecular flexibility index (Phi) is 8.02. The highest BCUT2D eigenvalue weighted by molar-refractivity contribution is 14.0. The summed E-state index contributed by atoms with van der Waals surface area (Å²) in [5, 5.41) is 9.08. The van der Waals surface area contributed by atoms with Crippen molar-refractivity contribution in [3.63, 3.8) is 0 Å². The zero-order valence-electron chi connectivity index (χ0n) is 16.6. The number of hydrogen-bond donors (Lipinski definition) is 2. The van der Waals surface area contributed by atoms with Crippen LogP contribution < -0.4 is 20.1 Å². The first-order valence-electron chi connectivity index (χ1n) is 9.74. The summed E-state index contributed by atoms with van der Waals surface area (Å²) in [5.74, 6) is 2.50. The highest BCUT2D eigenvalue weighted by atomic mass is 127. The standard InChI is InChI=1S/C21H27N3O3S.HI/c1-22-20(23-9-6-17-3-2-12-28-17)24-14-21(7-10-25-11-8-21)16-4-5-18-19(13-16)27-15-26-18;/h2-5,12-13H,6-11,14-15H2,1H3,(H2,22,23,24);1H. The van der Waals surface area contributed by atoms with Crippen LogP contribution in [0.2, 0.25) is 0 Å². The predicted octanol–water partition coefficient (Wildman–Crippen LogP) is 3.55. The van der Waals surface area contributed by atoms with E-state index in [4.69, 9.17) is 14.2 Å². The number of benzene rings is 1. The fourth-order valence-electron chi connectivity index (χ4n) is 3.79. The molecule has 1 aromatic heterocycles. The van der Waals surface area contributed by atoms with Crippen molar-refractivity contribution in [1.29, 1.82) is 0 Å². The maximum Gasteiger partial charge on any atom is 0.231 e. The molecule has 1 aromatic carbocycles. The number of halogens is 1. The van der Waals surface area contributed by atoms with Crippen molar-refractivity contribution in [3.05, 3.63) is 46.2 Å². The quantitative estimate of drug-likeness (QED) is 0.341. The van der Waals surface area contributed by atoms with Crippen LogP contribution in [-0.4, -0.2) is 46.1 Å². The largest absolute Gasteiger partial charge is 0.454 e. The Bertz CT molecular complexity index is 808. The second kappa shape index (κ2) is 10.5. The van der Waals surface area contributed by atoms with E-state index in [-0.39, 0.29) is 29.4 Å². The molecule has 0 atom stereocenters. The molecule has 2 N–H and O–H groups in total. The second-order valence-corrected chi connectivity index (χ2v) is 8.17. The van der Waals surface area contributed by atoms with Gasteiger partial charge < -0.3 is 24.8 Å². The SMILES string of the molecule is CN=C(NCCc1cccs1)NCC1(c2ccc3c(c2)OCO3)CCOCC1.I. The minimum atomic E-state index is -0.00932. The van der Waals surface area contributed by atoms with Crippen LogP contribution in [0.25, 0.3) is 0 Å². The monoisotopic (exact) mass is 529 g/mol. The van der Waals surface area contributed by atoms with E-state index in [1.807, 2.05) is 13.1 Å². The topological polar surface area (TPSA) is 64.1 Å². The summed E-state index contributed by atoms with van der Waals surface area (Å²) in [4.78, 5) is 5.77. The molecule has 0 amide bonds. The van der Waals surface area contributed by atoms with Gasteiger partial charge in [-0.15, -0.1) is 35.3 Å². The summed E-state index contributed by atoms with van der Waals surface area (Å²) in [6.07, 6.45) is 2.93. The maximum absolute atomic E-state index is 5.65. The van der Waals surface area contributed by atoms with Gasteiger partial charge in [-0.1, -0.05) is 12.1 Å². The molecule has 0 radical (unpaired) electrons. The lowest BCUT2D eigenvalue weighted by Gasteiger charge is -2.38. The maximum atomic E-state index is 5.65. The molecular formula is C21H28IN3O3S. The Morgan fingerprint density at radius 1 is 1.14 bits per heavy atom. The van der Waals surface area contributed by atoms with E-state index >= 15 is 0 Å². The molecule has 2 aromatic rings. The van der Waals surface area contributed by atoms with Crippen LogP contribution in [0, 0.1) is 0 Å². The summed E-state index contributed by atoms with van der Waals surface area (Å²) < 4.78 is 16.7. The second-order valence-electron chi connectivity index (χ2n) is 7.14. The van der Waals surface area contributed by atoms with E-state index < -0.39 is 0 Å². The fourth-order valence-corrected chi connectivity index (χ4v) is 4.50. The van der Waals surface area contributed by atoms with Crippen molar-refractivity contribution < 1.29 is 14.2 Å². The number of nitrogens with zero attached hydrogens (tertiary/aromatic N) is 1. The van der Waals surface area contributed by atoms with Crippen LogP contribution in [-0.2, 0) is 16.6 Å². The van der Waals surface area contributed by atoms with Crippen molar-refractivity contribution in [2.45, 2.75) is 24.7 Å². The smallest absolute Gasteiger partial charge is 0.231 e. The van der Waals surface area contributed by atoms with Crippen molar-refractivity contribution in [2.75, 3.05) is 40.1 Å². The molecule has 2 aliphatic rings. The van der Waals surface area contributed by atoms with Crippen LogP contribution in [0.1, 0.15) is 23.3 Å². The third-order valence-corrected chi connectivity index (χ3v) is 6.43. The molecule has 1 saturated heterocycles. The molecule has 0 bridgehead atoms. The molecule has 29 heavy (non-hydrogen) atoms. The van der Waals surface area contributed by atoms with Gasteiger partial charge in [0.1, 0.15) is 0 Å². The molecule has 8 heteroatoms. The zero-order valence-corrected chi connectivity index (χ0v) is 19.8. The molecule has 0 saturated carbocycles. The number of aliphatic imine (C=N–C) groups is 1. The Morgan fingerprint density at radius 2 is 1.97 bits per heavy atom. The Morgan fingerprint density at radius 3 is 2.72 bits per heavy atom. The lowest BCUT2D eigenvalue weighted by atomic mass is 9.74. The highest BCUT2D eigenvalue weighted by Crippen LogP contribution is 2.40. The zero-order chi connectivity index (χ0) is 19.2. The summed E-state index contributed by atoms with van der Waals surface area (Å²) >= 11 is 1.79. The van der Waals surface area contributed by atoms with Gasteiger partial charge in [0, 0.05) is 43.6 Å². The number of fused-ring (bicyclic) bond motifs is 1. The number of thiophene rings is 1. The van der Waals surface area contributed by atoms with Gasteiger partial charge in [-0.25, -0.2) is 0 Å². The van der Waals surface area contributed by atoms with Gasteiger partial charge in [0.15, 0.2) is 17.5 Å². The summed E-state index contributed by atoms with van der Waals surface area (Å²) in [6.45, 7) is 3.49. The van der Waals surface area contributed by atoms with Gasteiger partial charge in [-0.3, -0.25) is 4.99 Å². The van der Waals surface area contributed by atoms with Gasteiger partial charge in [0.2, 0.25) is 6.79 Å². The summed E-state index contributed by atoms with van der Waals surface area (Å²) in [7, 11) is 1.82. The Labute approximate surface area is 193 Å². The average molecular weight is 529 g/mol. The Balaban J connectivity index is 0.00000240. The van der Waals surface area contributed by atoms with Gasteiger partial charge in [0.05, 0.1) is 0 Å². The molecule has 1 fully saturated rings. The number of ether oxygens (including phenoxy) is 3. The lowest BCUT2D eigenvalue weighted by Crippen LogP contribution is -2.48. The van der Waals surface area contributed by atoms with Gasteiger partial charge >= 0.3 is 0 Å². The summed E-state index contributed by atoms with van der Waals surface area (Å²) in [6, 6.07) is 10.6. The van der Waals surface area contributed by atoms with Crippen molar-refractivity contribution in [3.8, 4) is 11.5 Å². The molecule has 0 aliphatic carbocycles. The van der Waals surface area contributed by atoms with E-state index in [1.165, 1.54) is 10.4 Å². The van der Waals surface area contributed by atoms with E-state index in [1.54, 1.807) is 11.3 Å². The summed E-state index contributed by atoms with van der Waals surface area (Å²) in [5.41, 5.74) is 1.26. The number of rotatable bonds is 6. The van der Waals surface area contributed by atoms with Gasteiger partial charge in [-0.2, -0.15) is 0 Å². The third kappa shape index (κ3) is 5.35. The van der Waals surface area contributed by atoms with E-state index in [2.05, 4.69) is 45.3 Å². The fraction of sp³-hybridized carbons (Fsp3) is 0.476. The molecular weight excluding hydrogens is 501 g/mol. The first-order chi connectivity index (χ1) is 13.8. The van der Waals surface area contributed by atoms with Crippen LogP contribution in [0.4, 0.5) is 0 Å². The normalized spacial score (nSPS) is 17.5. The predicted molar refractivity (Wildman–Crippen MR) is 127 cm³/mol. The van der Waals surface area contributed by atoms with Gasteiger partial charge in [-0.05, 0) is 48.4 Å². The van der Waals surface area contributed by atoms with Crippen molar-refractivity contribution >= 4 is 41.3 Å². The molecule has 6 nitrogen and oxygen atoms in total. The van der Waals surface area contributed by atoms with Crippen LogP contribution in [0.15, 0.2) is 40.7 Å². The molecule has 4 rings (SSSR count). The lowest BCUT2D eigenvalue weighted by molar-refractivity contribution is 0.0513. The van der Waals surface area contributed by atoms with Gasteiger partial charge in [0.25, 0.3) is 0 Å².